The maximum Gasteiger partial charge on any atom is 0.233 e. The van der Waals surface area contributed by atoms with Crippen molar-refractivity contribution >= 4 is 11.7 Å². The molecule has 0 atom stereocenters. The van der Waals surface area contributed by atoms with Crippen LogP contribution in [0.3, 0.4) is 0 Å². The number of nitrogens with zero attached hydrogens (tertiary/aromatic N) is 3. The van der Waals surface area contributed by atoms with Gasteiger partial charge in [0.1, 0.15) is 0 Å². The molecule has 0 bridgehead atoms. The van der Waals surface area contributed by atoms with E-state index in [9.17, 15) is 4.39 Å². The van der Waals surface area contributed by atoms with Crippen molar-refractivity contribution in [2.45, 2.75) is 6.92 Å². The molecule has 0 radical (unpaired) electrons. The van der Waals surface area contributed by atoms with Crippen molar-refractivity contribution in [1.29, 1.82) is 0 Å². The van der Waals surface area contributed by atoms with Crippen molar-refractivity contribution in [3.63, 3.8) is 0 Å². The number of halogens is 1. The lowest BCUT2D eigenvalue weighted by Gasteiger charge is -1.93. The average Bonchev–Trinajstić information content (AvgIpc) is 2.44. The van der Waals surface area contributed by atoms with Crippen LogP contribution >= 0.6 is 0 Å². The van der Waals surface area contributed by atoms with E-state index in [1.807, 2.05) is 19.1 Å². The number of fused-ring (bicyclic) bond motifs is 1. The summed E-state index contributed by atoms with van der Waals surface area (Å²) in [5, 5.41) is 4.11. The van der Waals surface area contributed by atoms with Crippen LogP contribution in [0.2, 0.25) is 0 Å². The molecule has 2 heterocycles. The summed E-state index contributed by atoms with van der Waals surface area (Å²) in [6, 6.07) is 3.52. The first kappa shape index (κ1) is 7.91. The molecule has 0 unspecified atom stereocenters. The van der Waals surface area contributed by atoms with Crippen LogP contribution in [0.5, 0.6) is 0 Å². The Morgan fingerprint density at radius 2 is 2.31 bits per heavy atom. The van der Waals surface area contributed by atoms with Crippen molar-refractivity contribution in [3.05, 3.63) is 36.0 Å². The lowest BCUT2D eigenvalue weighted by molar-refractivity contribution is 0.591. The van der Waals surface area contributed by atoms with Crippen LogP contribution in [-0.4, -0.2) is 14.6 Å². The Morgan fingerprint density at radius 3 is 3.08 bits per heavy atom. The van der Waals surface area contributed by atoms with E-state index in [2.05, 4.69) is 10.1 Å². The molecular formula is C9H8FN3. The molecule has 0 N–H and O–H groups in total. The number of hydrogen-bond acceptors (Lipinski definition) is 2. The Balaban J connectivity index is 2.61. The fourth-order valence-corrected chi connectivity index (χ4v) is 1.13. The zero-order chi connectivity index (χ0) is 9.26. The molecule has 2 aromatic heterocycles. The minimum Gasteiger partial charge on any atom is -0.217 e. The SMILES string of the molecule is C/C=C\c1ccc2nc(F)cn2n1. The Kier molecular flexibility index (Phi) is 1.81. The Morgan fingerprint density at radius 1 is 1.46 bits per heavy atom. The van der Waals surface area contributed by atoms with Gasteiger partial charge in [0.15, 0.2) is 5.65 Å². The minimum atomic E-state index is -0.509. The van der Waals surface area contributed by atoms with E-state index < -0.39 is 5.95 Å². The van der Waals surface area contributed by atoms with Gasteiger partial charge >= 0.3 is 0 Å². The van der Waals surface area contributed by atoms with Gasteiger partial charge in [0, 0.05) is 0 Å². The molecule has 0 saturated heterocycles. The van der Waals surface area contributed by atoms with Crippen LogP contribution in [0.1, 0.15) is 12.6 Å². The monoisotopic (exact) mass is 177 g/mol. The second-order valence-corrected chi connectivity index (χ2v) is 2.62. The highest BCUT2D eigenvalue weighted by Gasteiger charge is 2.00. The number of allylic oxidation sites excluding steroid dienone is 1. The van der Waals surface area contributed by atoms with Gasteiger partial charge in [0.05, 0.1) is 11.9 Å². The largest absolute Gasteiger partial charge is 0.233 e. The predicted molar refractivity (Wildman–Crippen MR) is 47.7 cm³/mol. The fraction of sp³-hybridized carbons (Fsp3) is 0.111. The summed E-state index contributed by atoms with van der Waals surface area (Å²) in [4.78, 5) is 3.62. The number of hydrogen-bond donors (Lipinski definition) is 0. The standard InChI is InChI=1S/C9H8FN3/c1-2-3-7-4-5-9-11-8(10)6-13(9)12-7/h2-6H,1H3/b3-2-. The molecule has 0 aromatic carbocycles. The summed E-state index contributed by atoms with van der Waals surface area (Å²) in [5.74, 6) is -0.509. The van der Waals surface area contributed by atoms with Gasteiger partial charge in [0.2, 0.25) is 5.95 Å². The van der Waals surface area contributed by atoms with Gasteiger partial charge in [-0.05, 0) is 25.1 Å². The van der Waals surface area contributed by atoms with E-state index in [1.54, 1.807) is 12.1 Å². The van der Waals surface area contributed by atoms with Crippen molar-refractivity contribution < 1.29 is 4.39 Å². The first-order valence-electron chi connectivity index (χ1n) is 3.94. The van der Waals surface area contributed by atoms with Crippen molar-refractivity contribution in [2.24, 2.45) is 0 Å². The zero-order valence-electron chi connectivity index (χ0n) is 7.11. The molecule has 3 nitrogen and oxygen atoms in total. The lowest BCUT2D eigenvalue weighted by Crippen LogP contribution is -1.91. The lowest BCUT2D eigenvalue weighted by atomic mass is 10.3. The molecule has 0 aliphatic rings. The van der Waals surface area contributed by atoms with E-state index in [1.165, 1.54) is 10.7 Å². The molecule has 0 aliphatic carbocycles. The van der Waals surface area contributed by atoms with Gasteiger partial charge in [-0.2, -0.15) is 14.5 Å². The maximum absolute atomic E-state index is 12.6. The smallest absolute Gasteiger partial charge is 0.217 e. The first-order chi connectivity index (χ1) is 6.29. The topological polar surface area (TPSA) is 30.2 Å². The second-order valence-electron chi connectivity index (χ2n) is 2.62. The molecule has 2 rings (SSSR count). The third kappa shape index (κ3) is 1.42. The van der Waals surface area contributed by atoms with Crippen LogP contribution in [0.4, 0.5) is 4.39 Å². The normalized spacial score (nSPS) is 11.5. The molecule has 66 valence electrons. The van der Waals surface area contributed by atoms with E-state index in [0.717, 1.165) is 5.69 Å². The highest BCUT2D eigenvalue weighted by Crippen LogP contribution is 2.04. The second kappa shape index (κ2) is 2.97. The van der Waals surface area contributed by atoms with Gasteiger partial charge in [-0.15, -0.1) is 0 Å². The first-order valence-corrected chi connectivity index (χ1v) is 3.94. The van der Waals surface area contributed by atoms with Crippen LogP contribution in [0, 0.1) is 5.95 Å². The van der Waals surface area contributed by atoms with E-state index in [-0.39, 0.29) is 0 Å². The molecular weight excluding hydrogens is 169 g/mol. The molecule has 0 spiro atoms. The number of aromatic nitrogens is 3. The molecule has 2 aromatic rings. The van der Waals surface area contributed by atoms with Gasteiger partial charge < -0.3 is 0 Å². The third-order valence-corrected chi connectivity index (χ3v) is 1.65. The van der Waals surface area contributed by atoms with Crippen molar-refractivity contribution in [2.75, 3.05) is 0 Å². The summed E-state index contributed by atoms with van der Waals surface area (Å²) in [6.07, 6.45) is 4.97. The maximum atomic E-state index is 12.6. The Labute approximate surface area is 74.5 Å². The molecule has 0 fully saturated rings. The summed E-state index contributed by atoms with van der Waals surface area (Å²) in [5.41, 5.74) is 1.30. The molecule has 4 heteroatoms. The average molecular weight is 177 g/mol. The predicted octanol–water partition coefficient (Wildman–Crippen LogP) is 1.90. The molecule has 0 aliphatic heterocycles. The number of imidazole rings is 1. The van der Waals surface area contributed by atoms with Crippen LogP contribution in [-0.2, 0) is 0 Å². The van der Waals surface area contributed by atoms with Crippen LogP contribution in [0.25, 0.3) is 11.7 Å². The van der Waals surface area contributed by atoms with Gasteiger partial charge in [0.25, 0.3) is 0 Å². The highest BCUT2D eigenvalue weighted by atomic mass is 19.1. The highest BCUT2D eigenvalue weighted by molar-refractivity contribution is 5.47. The van der Waals surface area contributed by atoms with Gasteiger partial charge in [-0.1, -0.05) is 6.08 Å². The fourth-order valence-electron chi connectivity index (χ4n) is 1.13. The summed E-state index contributed by atoms with van der Waals surface area (Å²) in [7, 11) is 0. The van der Waals surface area contributed by atoms with Crippen LogP contribution < -0.4 is 0 Å². The van der Waals surface area contributed by atoms with E-state index in [0.29, 0.717) is 5.65 Å². The summed E-state index contributed by atoms with van der Waals surface area (Å²) < 4.78 is 14.1. The van der Waals surface area contributed by atoms with Gasteiger partial charge in [-0.25, -0.2) is 4.52 Å². The van der Waals surface area contributed by atoms with E-state index in [4.69, 9.17) is 0 Å². The van der Waals surface area contributed by atoms with Crippen molar-refractivity contribution in [3.8, 4) is 0 Å². The van der Waals surface area contributed by atoms with E-state index >= 15 is 0 Å². The third-order valence-electron chi connectivity index (χ3n) is 1.65. The Bertz CT molecular complexity index is 459. The van der Waals surface area contributed by atoms with Crippen molar-refractivity contribution in [1.82, 2.24) is 14.6 Å². The molecule has 13 heavy (non-hydrogen) atoms. The molecule has 0 amide bonds. The van der Waals surface area contributed by atoms with Gasteiger partial charge in [-0.3, -0.25) is 0 Å². The quantitative estimate of drug-likeness (QED) is 0.666. The minimum absolute atomic E-state index is 0.509. The summed E-state index contributed by atoms with van der Waals surface area (Å²) in [6.45, 7) is 1.90. The molecule has 0 saturated carbocycles. The Hall–Kier alpha value is -1.71. The van der Waals surface area contributed by atoms with Crippen LogP contribution in [0.15, 0.2) is 24.4 Å². The zero-order valence-corrected chi connectivity index (χ0v) is 7.11. The summed E-state index contributed by atoms with van der Waals surface area (Å²) >= 11 is 0. The number of rotatable bonds is 1.